The molecule has 12 heavy (non-hydrogen) atoms. The van der Waals surface area contributed by atoms with Crippen molar-refractivity contribution in [1.82, 2.24) is 5.32 Å². The molecule has 2 N–H and O–H groups in total. The third kappa shape index (κ3) is 4.17. The second-order valence-electron chi connectivity index (χ2n) is 2.00. The molecule has 0 bridgehead atoms. The highest BCUT2D eigenvalue weighted by atomic mass is 79.9. The maximum absolute atomic E-state index is 10.9. The molecule has 0 aromatic carbocycles. The highest BCUT2D eigenvalue weighted by Crippen LogP contribution is 1.98. The Bertz CT molecular complexity index is 173. The van der Waals surface area contributed by atoms with Crippen molar-refractivity contribution in [3.63, 3.8) is 0 Å². The Morgan fingerprint density at radius 2 is 2.25 bits per heavy atom. The average molecular weight is 240 g/mol. The van der Waals surface area contributed by atoms with Crippen LogP contribution in [0.25, 0.3) is 0 Å². The normalized spacial score (nSPS) is 11.8. The first-order valence-electron chi connectivity index (χ1n) is 3.25. The van der Waals surface area contributed by atoms with Crippen molar-refractivity contribution in [2.75, 3.05) is 12.4 Å². The Hall–Kier alpha value is -0.780. The minimum atomic E-state index is -1.23. The van der Waals surface area contributed by atoms with Gasteiger partial charge in [0, 0.05) is 5.33 Å². The molecule has 0 saturated heterocycles. The highest BCUT2D eigenvalue weighted by molar-refractivity contribution is 9.09. The summed E-state index contributed by atoms with van der Waals surface area (Å²) in [5.41, 5.74) is 0. The number of ether oxygens (including phenoxy) is 1. The van der Waals surface area contributed by atoms with Crippen LogP contribution in [0.15, 0.2) is 0 Å². The monoisotopic (exact) mass is 239 g/mol. The fourth-order valence-electron chi connectivity index (χ4n) is 0.649. The topological polar surface area (TPSA) is 75.6 Å². The second-order valence-corrected chi connectivity index (χ2v) is 2.80. The lowest BCUT2D eigenvalue weighted by molar-refractivity contribution is -0.143. The van der Waals surface area contributed by atoms with Crippen molar-refractivity contribution >= 4 is 28.0 Å². The van der Waals surface area contributed by atoms with Crippen LogP contribution >= 0.6 is 15.9 Å². The van der Waals surface area contributed by atoms with E-state index in [-0.39, 0.29) is 0 Å². The van der Waals surface area contributed by atoms with E-state index in [0.717, 1.165) is 0 Å². The molecule has 1 atom stereocenters. The zero-order chi connectivity index (χ0) is 9.56. The molecule has 1 amide bonds. The summed E-state index contributed by atoms with van der Waals surface area (Å²) in [6.45, 7) is 0. The van der Waals surface area contributed by atoms with E-state index in [4.69, 9.17) is 5.11 Å². The number of rotatable bonds is 4. The van der Waals surface area contributed by atoms with E-state index in [9.17, 15) is 9.59 Å². The lowest BCUT2D eigenvalue weighted by Crippen LogP contribution is -2.40. The minimum Gasteiger partial charge on any atom is -0.467 e. The number of halogens is 1. The number of esters is 1. The van der Waals surface area contributed by atoms with Crippen LogP contribution in [0.1, 0.15) is 6.42 Å². The van der Waals surface area contributed by atoms with Gasteiger partial charge in [-0.15, -0.1) is 0 Å². The lowest BCUT2D eigenvalue weighted by atomic mass is 10.2. The smallest absolute Gasteiger partial charge is 0.405 e. The molecule has 5 nitrogen and oxygen atoms in total. The molecular formula is C6H10BrNO4. The van der Waals surface area contributed by atoms with Crippen molar-refractivity contribution in [1.29, 1.82) is 0 Å². The molecule has 0 rings (SSSR count). The van der Waals surface area contributed by atoms with Crippen LogP contribution in [0.3, 0.4) is 0 Å². The number of amides is 1. The van der Waals surface area contributed by atoms with Gasteiger partial charge < -0.3 is 15.2 Å². The summed E-state index contributed by atoms with van der Waals surface area (Å²) in [6.07, 6.45) is -0.856. The molecule has 0 aromatic heterocycles. The molecule has 0 aromatic rings. The van der Waals surface area contributed by atoms with E-state index >= 15 is 0 Å². The molecule has 0 heterocycles. The van der Waals surface area contributed by atoms with E-state index < -0.39 is 18.1 Å². The summed E-state index contributed by atoms with van der Waals surface area (Å²) >= 11 is 3.10. The summed E-state index contributed by atoms with van der Waals surface area (Å²) in [5, 5.41) is 10.9. The van der Waals surface area contributed by atoms with Gasteiger partial charge in [-0.1, -0.05) is 15.9 Å². The lowest BCUT2D eigenvalue weighted by Gasteiger charge is -2.12. The first kappa shape index (κ1) is 11.2. The van der Waals surface area contributed by atoms with E-state index in [1.54, 1.807) is 0 Å². The summed E-state index contributed by atoms with van der Waals surface area (Å²) < 4.78 is 4.38. The number of carboxylic acid groups (broad SMARTS) is 1. The number of alkyl halides is 1. The number of nitrogens with one attached hydrogen (secondary N) is 1. The van der Waals surface area contributed by atoms with Crippen molar-refractivity contribution in [2.45, 2.75) is 12.5 Å². The van der Waals surface area contributed by atoms with Gasteiger partial charge in [0.05, 0.1) is 7.11 Å². The maximum Gasteiger partial charge on any atom is 0.405 e. The summed E-state index contributed by atoms with van der Waals surface area (Å²) in [4.78, 5) is 21.0. The average Bonchev–Trinajstić information content (AvgIpc) is 2.01. The number of carbonyl (C=O) groups is 2. The fraction of sp³-hybridized carbons (Fsp3) is 0.667. The summed E-state index contributed by atoms with van der Waals surface area (Å²) in [7, 11) is 1.22. The van der Waals surface area contributed by atoms with Gasteiger partial charge in [0.1, 0.15) is 6.04 Å². The number of carbonyl (C=O) groups excluding carboxylic acids is 1. The van der Waals surface area contributed by atoms with Crippen molar-refractivity contribution in [2.24, 2.45) is 0 Å². The van der Waals surface area contributed by atoms with Crippen LogP contribution in [0.2, 0.25) is 0 Å². The molecule has 6 heteroatoms. The molecule has 0 aliphatic carbocycles. The van der Waals surface area contributed by atoms with E-state index in [0.29, 0.717) is 11.8 Å². The molecular weight excluding hydrogens is 230 g/mol. The molecule has 70 valence electrons. The van der Waals surface area contributed by atoms with E-state index in [1.807, 2.05) is 5.32 Å². The van der Waals surface area contributed by atoms with Crippen LogP contribution in [0, 0.1) is 0 Å². The SMILES string of the molecule is COC(=O)[C@H](CCBr)NC(=O)O. The fourth-order valence-corrected chi connectivity index (χ4v) is 1.11. The number of hydrogen-bond donors (Lipinski definition) is 2. The first-order valence-corrected chi connectivity index (χ1v) is 4.37. The van der Waals surface area contributed by atoms with Gasteiger partial charge in [-0.3, -0.25) is 0 Å². The van der Waals surface area contributed by atoms with Crippen molar-refractivity contribution in [3.8, 4) is 0 Å². The highest BCUT2D eigenvalue weighted by Gasteiger charge is 2.19. The third-order valence-electron chi connectivity index (χ3n) is 1.18. The Labute approximate surface area is 78.2 Å². The largest absolute Gasteiger partial charge is 0.467 e. The minimum absolute atomic E-state index is 0.374. The molecule has 0 aliphatic heterocycles. The van der Waals surface area contributed by atoms with Gasteiger partial charge in [-0.25, -0.2) is 9.59 Å². The molecule has 0 aliphatic rings. The van der Waals surface area contributed by atoms with Gasteiger partial charge >= 0.3 is 12.1 Å². The Morgan fingerprint density at radius 3 is 2.58 bits per heavy atom. The van der Waals surface area contributed by atoms with Crippen LogP contribution in [-0.4, -0.2) is 35.7 Å². The van der Waals surface area contributed by atoms with Crippen molar-refractivity contribution in [3.05, 3.63) is 0 Å². The van der Waals surface area contributed by atoms with Crippen LogP contribution in [-0.2, 0) is 9.53 Å². The zero-order valence-corrected chi connectivity index (χ0v) is 8.13. The third-order valence-corrected chi connectivity index (χ3v) is 1.64. The number of hydrogen-bond acceptors (Lipinski definition) is 3. The first-order chi connectivity index (χ1) is 5.61. The van der Waals surface area contributed by atoms with Crippen LogP contribution in [0.4, 0.5) is 4.79 Å². The van der Waals surface area contributed by atoms with Crippen LogP contribution in [0.5, 0.6) is 0 Å². The van der Waals surface area contributed by atoms with Gasteiger partial charge in [0.25, 0.3) is 0 Å². The van der Waals surface area contributed by atoms with Crippen LogP contribution < -0.4 is 5.32 Å². The molecule has 0 unspecified atom stereocenters. The van der Waals surface area contributed by atoms with Gasteiger partial charge in [0.15, 0.2) is 0 Å². The zero-order valence-electron chi connectivity index (χ0n) is 6.54. The predicted molar refractivity (Wildman–Crippen MR) is 45.4 cm³/mol. The van der Waals surface area contributed by atoms with Gasteiger partial charge in [-0.05, 0) is 6.42 Å². The molecule has 0 saturated carbocycles. The quantitative estimate of drug-likeness (QED) is 0.556. The van der Waals surface area contributed by atoms with Gasteiger partial charge in [-0.2, -0.15) is 0 Å². The predicted octanol–water partition coefficient (Wildman–Crippen LogP) is 0.581. The molecule has 0 radical (unpaired) electrons. The Morgan fingerprint density at radius 1 is 1.67 bits per heavy atom. The second kappa shape index (κ2) is 5.82. The standard InChI is InChI=1S/C6H10BrNO4/c1-12-5(9)4(2-3-7)8-6(10)11/h4,8H,2-3H2,1H3,(H,10,11)/t4-/m0/s1. The van der Waals surface area contributed by atoms with E-state index in [2.05, 4.69) is 20.7 Å². The van der Waals surface area contributed by atoms with Gasteiger partial charge in [0.2, 0.25) is 0 Å². The van der Waals surface area contributed by atoms with E-state index in [1.165, 1.54) is 7.11 Å². The Balaban J connectivity index is 4.02. The van der Waals surface area contributed by atoms with Crippen molar-refractivity contribution < 1.29 is 19.4 Å². The summed E-state index contributed by atoms with van der Waals surface area (Å²) in [6, 6.07) is -0.785. The molecule has 0 spiro atoms. The summed E-state index contributed by atoms with van der Waals surface area (Å²) in [5.74, 6) is -0.572. The maximum atomic E-state index is 10.9. The Kier molecular flexibility index (Phi) is 5.44. The molecule has 0 fully saturated rings. The number of methoxy groups -OCH3 is 1.